The number of carboxylic acids is 1. The molecule has 1 aromatic carbocycles. The number of aliphatic hydroxyl groups is 2. The summed E-state index contributed by atoms with van der Waals surface area (Å²) in [7, 11) is 0. The van der Waals surface area contributed by atoms with E-state index in [1.807, 2.05) is 13.0 Å². The number of benzene rings is 1. The third-order valence-electron chi connectivity index (χ3n) is 8.07. The molecular weight excluding hydrogens is 408 g/mol. The predicted octanol–water partition coefficient (Wildman–Crippen LogP) is 3.79. The van der Waals surface area contributed by atoms with E-state index in [-0.39, 0.29) is 45.4 Å². The van der Waals surface area contributed by atoms with Gasteiger partial charge in [0.25, 0.3) is 0 Å². The molecule has 0 amide bonds. The lowest BCUT2D eigenvalue weighted by Gasteiger charge is -2.65. The highest BCUT2D eigenvalue weighted by Gasteiger charge is 2.70. The Hall–Kier alpha value is -1.76. The van der Waals surface area contributed by atoms with Crippen LogP contribution in [0, 0.1) is 29.6 Å². The fraction of sp³-hybridized carbons (Fsp3) is 0.609. The van der Waals surface area contributed by atoms with Gasteiger partial charge in [-0.3, -0.25) is 0 Å². The fourth-order valence-electron chi connectivity index (χ4n) is 6.51. The first-order valence-corrected chi connectivity index (χ1v) is 10.7. The van der Waals surface area contributed by atoms with Gasteiger partial charge in [0.1, 0.15) is 22.7 Å². The summed E-state index contributed by atoms with van der Waals surface area (Å²) in [4.78, 5) is 11.7. The smallest absolute Gasteiger partial charge is 0.339 e. The maximum Gasteiger partial charge on any atom is 0.339 e. The molecule has 164 valence electrons. The molecule has 0 heterocycles. The standard InChI is InChI=1S/C23H29ClO6/c1-10-16(20(28)29)18(26)13(19(27)17(10)24)6-12-5-11-7-21(2,3)8-14(11)22(4)9-15(25)23(12,22)30/h5,11,14-15,25-27,30H,6-9H2,1-4H3,(H,28,29)/t11-,14+,15-,22-,23-/m1/s1. The largest absolute Gasteiger partial charge is 0.507 e. The average Bonchev–Trinajstić information content (AvgIpc) is 2.95. The molecule has 0 bridgehead atoms. The van der Waals surface area contributed by atoms with Crippen LogP contribution in [0.1, 0.15) is 61.5 Å². The van der Waals surface area contributed by atoms with Crippen molar-refractivity contribution in [2.75, 3.05) is 0 Å². The maximum absolute atomic E-state index is 11.7. The van der Waals surface area contributed by atoms with E-state index in [4.69, 9.17) is 11.6 Å². The lowest BCUT2D eigenvalue weighted by molar-refractivity contribution is -0.249. The Morgan fingerprint density at radius 1 is 1.17 bits per heavy atom. The molecule has 2 saturated carbocycles. The van der Waals surface area contributed by atoms with Crippen molar-refractivity contribution in [1.82, 2.24) is 0 Å². The first-order chi connectivity index (χ1) is 13.7. The molecular formula is C23H29ClO6. The van der Waals surface area contributed by atoms with Crippen LogP contribution in [0.5, 0.6) is 11.5 Å². The number of aliphatic hydroxyl groups excluding tert-OH is 1. The van der Waals surface area contributed by atoms with Gasteiger partial charge in [-0.05, 0) is 54.6 Å². The van der Waals surface area contributed by atoms with Crippen molar-refractivity contribution in [3.05, 3.63) is 33.4 Å². The number of phenolic OH excluding ortho intramolecular Hbond substituents is 1. The zero-order valence-corrected chi connectivity index (χ0v) is 18.4. The normalized spacial score (nSPS) is 36.5. The molecule has 6 nitrogen and oxygen atoms in total. The third-order valence-corrected chi connectivity index (χ3v) is 8.54. The second-order valence-electron chi connectivity index (χ2n) is 10.4. The molecule has 0 aromatic heterocycles. The number of hydrogen-bond acceptors (Lipinski definition) is 5. The zero-order valence-electron chi connectivity index (χ0n) is 17.7. The minimum Gasteiger partial charge on any atom is -0.507 e. The Morgan fingerprint density at radius 2 is 1.80 bits per heavy atom. The molecule has 30 heavy (non-hydrogen) atoms. The van der Waals surface area contributed by atoms with Gasteiger partial charge < -0.3 is 25.5 Å². The van der Waals surface area contributed by atoms with Crippen molar-refractivity contribution in [2.24, 2.45) is 22.7 Å². The van der Waals surface area contributed by atoms with Gasteiger partial charge in [-0.15, -0.1) is 0 Å². The molecule has 0 spiro atoms. The summed E-state index contributed by atoms with van der Waals surface area (Å²) < 4.78 is 0. The van der Waals surface area contributed by atoms with Crippen LogP contribution < -0.4 is 0 Å². The van der Waals surface area contributed by atoms with Gasteiger partial charge in [0.2, 0.25) is 0 Å². The zero-order chi connectivity index (χ0) is 22.4. The average molecular weight is 437 g/mol. The van der Waals surface area contributed by atoms with Gasteiger partial charge in [-0.2, -0.15) is 0 Å². The van der Waals surface area contributed by atoms with Crippen LogP contribution in [0.25, 0.3) is 0 Å². The number of fused-ring (bicyclic) bond motifs is 3. The summed E-state index contributed by atoms with van der Waals surface area (Å²) in [6.45, 7) is 7.82. The lowest BCUT2D eigenvalue weighted by atomic mass is 9.43. The first-order valence-electron chi connectivity index (χ1n) is 10.3. The quantitative estimate of drug-likeness (QED) is 0.460. The molecule has 0 unspecified atom stereocenters. The number of hydrogen-bond donors (Lipinski definition) is 5. The van der Waals surface area contributed by atoms with Crippen LogP contribution in [0.2, 0.25) is 5.02 Å². The van der Waals surface area contributed by atoms with Crippen LogP contribution in [0.15, 0.2) is 11.6 Å². The van der Waals surface area contributed by atoms with Crippen LogP contribution in [-0.2, 0) is 6.42 Å². The monoisotopic (exact) mass is 436 g/mol. The number of phenols is 2. The predicted molar refractivity (Wildman–Crippen MR) is 112 cm³/mol. The highest BCUT2D eigenvalue weighted by molar-refractivity contribution is 6.33. The third kappa shape index (κ3) is 2.60. The van der Waals surface area contributed by atoms with E-state index in [1.165, 1.54) is 6.92 Å². The minimum atomic E-state index is -1.49. The topological polar surface area (TPSA) is 118 Å². The van der Waals surface area contributed by atoms with E-state index < -0.39 is 34.6 Å². The summed E-state index contributed by atoms with van der Waals surface area (Å²) in [5.41, 5.74) is -1.74. The van der Waals surface area contributed by atoms with Gasteiger partial charge in [0.05, 0.1) is 11.1 Å². The van der Waals surface area contributed by atoms with E-state index in [2.05, 4.69) is 13.8 Å². The minimum absolute atomic E-state index is 0.0418. The van der Waals surface area contributed by atoms with Crippen LogP contribution in [0.4, 0.5) is 0 Å². The fourth-order valence-corrected chi connectivity index (χ4v) is 6.72. The van der Waals surface area contributed by atoms with Gasteiger partial charge >= 0.3 is 5.97 Å². The molecule has 5 atom stereocenters. The molecule has 3 aliphatic rings. The summed E-state index contributed by atoms with van der Waals surface area (Å²) in [5, 5.41) is 52.9. The molecule has 2 fully saturated rings. The molecule has 0 saturated heterocycles. The van der Waals surface area contributed by atoms with Crippen molar-refractivity contribution >= 4 is 17.6 Å². The van der Waals surface area contributed by atoms with E-state index in [1.54, 1.807) is 0 Å². The van der Waals surface area contributed by atoms with Gasteiger partial charge in [-0.1, -0.05) is 38.4 Å². The van der Waals surface area contributed by atoms with Gasteiger partial charge in [-0.25, -0.2) is 4.79 Å². The van der Waals surface area contributed by atoms with Gasteiger partial charge in [0, 0.05) is 17.4 Å². The Balaban J connectivity index is 1.85. The van der Waals surface area contributed by atoms with E-state index in [9.17, 15) is 30.3 Å². The molecule has 4 rings (SSSR count). The number of halogens is 1. The second kappa shape index (κ2) is 6.38. The Bertz CT molecular complexity index is 983. The van der Waals surface area contributed by atoms with Crippen LogP contribution in [-0.4, -0.2) is 43.2 Å². The number of rotatable bonds is 3. The summed E-state index contributed by atoms with van der Waals surface area (Å²) >= 11 is 6.16. The van der Waals surface area contributed by atoms with Gasteiger partial charge in [0.15, 0.2) is 0 Å². The van der Waals surface area contributed by atoms with Crippen LogP contribution in [0.3, 0.4) is 0 Å². The Kier molecular flexibility index (Phi) is 4.56. The molecule has 0 aliphatic heterocycles. The van der Waals surface area contributed by atoms with E-state index in [0.29, 0.717) is 12.0 Å². The maximum atomic E-state index is 11.7. The second-order valence-corrected chi connectivity index (χ2v) is 10.8. The number of carbonyl (C=O) groups is 1. The molecule has 3 aliphatic carbocycles. The Morgan fingerprint density at radius 3 is 2.37 bits per heavy atom. The highest BCUT2D eigenvalue weighted by Crippen LogP contribution is 2.68. The van der Waals surface area contributed by atoms with Crippen molar-refractivity contribution < 1.29 is 30.3 Å². The summed E-state index contributed by atoms with van der Waals surface area (Å²) in [5.74, 6) is -1.88. The number of allylic oxidation sites excluding steroid dienone is 1. The summed E-state index contributed by atoms with van der Waals surface area (Å²) in [6.07, 6.45) is 3.29. The van der Waals surface area contributed by atoms with Crippen molar-refractivity contribution in [3.8, 4) is 11.5 Å². The molecule has 7 heteroatoms. The van der Waals surface area contributed by atoms with Crippen molar-refractivity contribution in [2.45, 2.75) is 65.1 Å². The van der Waals surface area contributed by atoms with E-state index >= 15 is 0 Å². The SMILES string of the molecule is Cc1c(Cl)c(O)c(CC2=C[C@@H]3CC(C)(C)C[C@@H]3[C@@]3(C)C[C@@H](O)[C@]23O)c(O)c1C(=O)O. The lowest BCUT2D eigenvalue weighted by Crippen LogP contribution is -2.71. The molecule has 5 N–H and O–H groups in total. The molecule has 0 radical (unpaired) electrons. The van der Waals surface area contributed by atoms with Crippen molar-refractivity contribution in [3.63, 3.8) is 0 Å². The first kappa shape index (κ1) is 21.5. The van der Waals surface area contributed by atoms with E-state index in [0.717, 1.165) is 12.8 Å². The number of aromatic carboxylic acids is 1. The Labute approximate surface area is 180 Å². The number of aromatic hydroxyl groups is 2. The van der Waals surface area contributed by atoms with Crippen LogP contribution >= 0.6 is 11.6 Å². The van der Waals surface area contributed by atoms with Crippen molar-refractivity contribution in [1.29, 1.82) is 0 Å². The number of carboxylic acid groups (broad SMARTS) is 1. The molecule has 1 aromatic rings. The highest BCUT2D eigenvalue weighted by atomic mass is 35.5. The summed E-state index contributed by atoms with van der Waals surface area (Å²) in [6, 6.07) is 0.